The molecule has 2 radical (unpaired) electrons. The lowest BCUT2D eigenvalue weighted by atomic mass is 9.99. The van der Waals surface area contributed by atoms with Gasteiger partial charge in [-0.25, -0.2) is 4.99 Å². The van der Waals surface area contributed by atoms with Crippen LogP contribution in [0.3, 0.4) is 0 Å². The minimum atomic E-state index is 0.898. The van der Waals surface area contributed by atoms with Crippen LogP contribution in [0.2, 0.25) is 0 Å². The number of hydrogen-bond acceptors (Lipinski definition) is 1. The number of aryl methyl sites for hydroxylation is 4. The molecule has 2 heterocycles. The van der Waals surface area contributed by atoms with Gasteiger partial charge in [0.25, 0.3) is 0 Å². The quantitative estimate of drug-likeness (QED) is 0.208. The fourth-order valence-electron chi connectivity index (χ4n) is 5.67. The lowest BCUT2D eigenvalue weighted by Gasteiger charge is -2.10. The van der Waals surface area contributed by atoms with Gasteiger partial charge in [0.05, 0.1) is 11.4 Å². The molecule has 0 amide bonds. The Labute approximate surface area is 238 Å². The highest BCUT2D eigenvalue weighted by Crippen LogP contribution is 2.38. The predicted octanol–water partition coefficient (Wildman–Crippen LogP) is 8.91. The lowest BCUT2D eigenvalue weighted by molar-refractivity contribution is 1.22. The van der Waals surface area contributed by atoms with Crippen molar-refractivity contribution >= 4 is 25.3 Å². The molecular weight excluding hydrogens is 483 g/mol. The number of allylic oxidation sites excluding steroid dienone is 2. The summed E-state index contributed by atoms with van der Waals surface area (Å²) >= 11 is 0. The Morgan fingerprint density at radius 1 is 0.600 bits per heavy atom. The molecule has 0 aliphatic carbocycles. The molecule has 6 rings (SSSR count). The van der Waals surface area contributed by atoms with E-state index in [1.54, 1.807) is 0 Å². The normalized spacial score (nSPS) is 13.9. The van der Waals surface area contributed by atoms with E-state index in [2.05, 4.69) is 131 Å². The highest BCUT2D eigenvalue weighted by molar-refractivity contribution is 6.19. The van der Waals surface area contributed by atoms with Crippen LogP contribution in [0.25, 0.3) is 34.0 Å². The molecule has 0 saturated carbocycles. The van der Waals surface area contributed by atoms with E-state index in [0.717, 1.165) is 56.2 Å². The maximum absolute atomic E-state index is 6.93. The van der Waals surface area contributed by atoms with Gasteiger partial charge in [-0.15, -0.1) is 0 Å². The third-order valence-electron chi connectivity index (χ3n) is 7.35. The standard InChI is InChI=1S/C37H31BN2/c1-24-15-25(2)18-30(17-24)34-21-32(28-11-7-5-8-12-28)35(39-34)23-37-33(29-13-9-6-10-14-29)22-36(40(37)38)31-19-26(3)16-27(4)20-31/h5-23H,1-4H3. The molecule has 0 unspecified atom stereocenters. The van der Waals surface area contributed by atoms with Crippen LogP contribution in [0.1, 0.15) is 39.1 Å². The van der Waals surface area contributed by atoms with E-state index < -0.39 is 0 Å². The zero-order chi connectivity index (χ0) is 27.8. The van der Waals surface area contributed by atoms with E-state index in [1.165, 1.54) is 22.3 Å². The SMILES string of the molecule is [B]n1c(-c2cc(C)cc(C)c2)cc(-c2ccccc2)c1C=C1N=C(c2cc(C)cc(C)c2)C=C1c1ccccc1. The van der Waals surface area contributed by atoms with Gasteiger partial charge < -0.3 is 4.48 Å². The van der Waals surface area contributed by atoms with E-state index in [9.17, 15) is 0 Å². The third-order valence-corrected chi connectivity index (χ3v) is 7.35. The number of hydrogen-bond donors (Lipinski definition) is 0. The Bertz CT molecular complexity index is 1780. The Balaban J connectivity index is 1.57. The second kappa shape index (κ2) is 10.5. The van der Waals surface area contributed by atoms with Gasteiger partial charge in [-0.05, 0) is 86.9 Å². The molecule has 192 valence electrons. The van der Waals surface area contributed by atoms with Crippen LogP contribution in [0.15, 0.2) is 120 Å². The van der Waals surface area contributed by atoms with Crippen molar-refractivity contribution in [2.24, 2.45) is 4.99 Å². The summed E-state index contributed by atoms with van der Waals surface area (Å²) < 4.78 is 1.82. The van der Waals surface area contributed by atoms with Gasteiger partial charge in [0.15, 0.2) is 0 Å². The number of aliphatic imine (C=N–C) groups is 1. The van der Waals surface area contributed by atoms with Crippen LogP contribution in [-0.2, 0) is 0 Å². The fourth-order valence-corrected chi connectivity index (χ4v) is 5.67. The lowest BCUT2D eigenvalue weighted by Crippen LogP contribution is -1.99. The first-order valence-electron chi connectivity index (χ1n) is 13.7. The Morgan fingerprint density at radius 2 is 1.12 bits per heavy atom. The van der Waals surface area contributed by atoms with Crippen molar-refractivity contribution < 1.29 is 0 Å². The second-order valence-corrected chi connectivity index (χ2v) is 10.8. The summed E-state index contributed by atoms with van der Waals surface area (Å²) in [6.07, 6.45) is 4.34. The van der Waals surface area contributed by atoms with Gasteiger partial charge in [-0.3, -0.25) is 0 Å². The van der Waals surface area contributed by atoms with Gasteiger partial charge in [0, 0.05) is 28.1 Å². The van der Waals surface area contributed by atoms with Crippen molar-refractivity contribution in [2.45, 2.75) is 27.7 Å². The third kappa shape index (κ3) is 5.03. The van der Waals surface area contributed by atoms with Crippen LogP contribution in [-0.4, -0.2) is 18.2 Å². The molecule has 0 atom stereocenters. The van der Waals surface area contributed by atoms with Crippen LogP contribution in [0.4, 0.5) is 0 Å². The molecule has 3 heteroatoms. The summed E-state index contributed by atoms with van der Waals surface area (Å²) in [5.41, 5.74) is 15.3. The molecular formula is C37H31BN2. The second-order valence-electron chi connectivity index (χ2n) is 10.8. The first-order valence-corrected chi connectivity index (χ1v) is 13.7. The van der Waals surface area contributed by atoms with E-state index >= 15 is 0 Å². The predicted molar refractivity (Wildman–Crippen MR) is 171 cm³/mol. The Kier molecular flexibility index (Phi) is 6.73. The van der Waals surface area contributed by atoms with E-state index in [1.807, 2.05) is 16.6 Å². The zero-order valence-electron chi connectivity index (χ0n) is 23.4. The van der Waals surface area contributed by atoms with Gasteiger partial charge >= 0.3 is 0 Å². The van der Waals surface area contributed by atoms with E-state index in [4.69, 9.17) is 13.0 Å². The van der Waals surface area contributed by atoms with Crippen LogP contribution < -0.4 is 0 Å². The Hall–Kier alpha value is -4.63. The number of rotatable bonds is 5. The summed E-state index contributed by atoms with van der Waals surface area (Å²) in [5.74, 6) is 0. The molecule has 0 spiro atoms. The maximum atomic E-state index is 6.93. The summed E-state index contributed by atoms with van der Waals surface area (Å²) in [6.45, 7) is 8.51. The summed E-state index contributed by atoms with van der Waals surface area (Å²) in [6, 6.07) is 36.3. The fraction of sp³-hybridized carbons (Fsp3) is 0.108. The van der Waals surface area contributed by atoms with Crippen LogP contribution in [0.5, 0.6) is 0 Å². The molecule has 0 fully saturated rings. The Morgan fingerprint density at radius 3 is 1.70 bits per heavy atom. The molecule has 0 N–H and O–H groups in total. The first-order chi connectivity index (χ1) is 19.4. The van der Waals surface area contributed by atoms with Crippen molar-refractivity contribution in [1.82, 2.24) is 4.48 Å². The average molecular weight is 514 g/mol. The van der Waals surface area contributed by atoms with Gasteiger partial charge in [0.1, 0.15) is 0 Å². The van der Waals surface area contributed by atoms with Crippen molar-refractivity contribution in [2.75, 3.05) is 0 Å². The van der Waals surface area contributed by atoms with Crippen molar-refractivity contribution in [1.29, 1.82) is 0 Å². The van der Waals surface area contributed by atoms with Crippen LogP contribution in [0, 0.1) is 27.7 Å². The monoisotopic (exact) mass is 514 g/mol. The highest BCUT2D eigenvalue weighted by Gasteiger charge is 2.21. The van der Waals surface area contributed by atoms with Gasteiger partial charge in [-0.2, -0.15) is 0 Å². The molecule has 1 aliphatic heterocycles. The molecule has 0 saturated heterocycles. The molecule has 1 aromatic heterocycles. The molecule has 2 nitrogen and oxygen atoms in total. The van der Waals surface area contributed by atoms with E-state index in [0.29, 0.717) is 0 Å². The summed E-state index contributed by atoms with van der Waals surface area (Å²) in [4.78, 5) is 5.20. The largest absolute Gasteiger partial charge is 0.397 e. The van der Waals surface area contributed by atoms with Crippen LogP contribution >= 0.6 is 0 Å². The highest BCUT2D eigenvalue weighted by atomic mass is 14.9. The maximum Gasteiger partial charge on any atom is 0.234 e. The molecule has 0 bridgehead atoms. The number of nitrogens with zero attached hydrogens (tertiary/aromatic N) is 2. The van der Waals surface area contributed by atoms with Gasteiger partial charge in [-0.1, -0.05) is 95.1 Å². The minimum absolute atomic E-state index is 0.898. The van der Waals surface area contributed by atoms with Gasteiger partial charge in [0.2, 0.25) is 7.98 Å². The minimum Gasteiger partial charge on any atom is -0.397 e. The molecule has 1 aliphatic rings. The average Bonchev–Trinajstić information content (AvgIpc) is 3.50. The molecule has 4 aromatic carbocycles. The number of benzene rings is 4. The molecule has 5 aromatic rings. The van der Waals surface area contributed by atoms with Crippen molar-refractivity contribution in [3.63, 3.8) is 0 Å². The topological polar surface area (TPSA) is 17.3 Å². The van der Waals surface area contributed by atoms with E-state index in [-0.39, 0.29) is 0 Å². The van der Waals surface area contributed by atoms with Crippen molar-refractivity contribution in [3.8, 4) is 22.4 Å². The summed E-state index contributed by atoms with van der Waals surface area (Å²) in [7, 11) is 6.93. The zero-order valence-corrected chi connectivity index (χ0v) is 23.4. The van der Waals surface area contributed by atoms with Crippen molar-refractivity contribution in [3.05, 3.63) is 154 Å². The summed E-state index contributed by atoms with van der Waals surface area (Å²) in [5, 5.41) is 0. The number of aromatic nitrogens is 1. The molecule has 40 heavy (non-hydrogen) atoms. The first kappa shape index (κ1) is 25.6. The smallest absolute Gasteiger partial charge is 0.234 e.